The number of carbonyl (C=O) groups excluding carboxylic acids is 2. The molecule has 0 heterocycles. The van der Waals surface area contributed by atoms with Crippen LogP contribution in [0.3, 0.4) is 0 Å². The number of nitrogens with zero attached hydrogens (tertiary/aromatic N) is 2. The molecule has 0 aromatic heterocycles. The first-order valence-corrected chi connectivity index (χ1v) is 8.47. The SMILES string of the molecule is CC(N=CC(N)=O)c1ccccc1.COC(=O)C=NC(C)c1ccccc1. The smallest absolute Gasteiger partial charge is 0.348 e. The first-order valence-electron chi connectivity index (χ1n) is 8.47. The standard InChI is InChI=1S/C11H13NO2.C10H12N2O/c1-9(12-8-11(13)14-2)10-6-4-3-5-7-10;1-8(12-7-10(11)13)9-5-3-2-4-6-9/h3-9H,1-2H3;2-8H,1H3,(H2,11,13). The van der Waals surface area contributed by atoms with Crippen LogP contribution in [0.4, 0.5) is 0 Å². The van der Waals surface area contributed by atoms with E-state index in [1.165, 1.54) is 13.3 Å². The van der Waals surface area contributed by atoms with Crippen molar-refractivity contribution in [2.45, 2.75) is 25.9 Å². The first kappa shape index (κ1) is 21.8. The lowest BCUT2D eigenvalue weighted by atomic mass is 10.1. The summed E-state index contributed by atoms with van der Waals surface area (Å²) in [4.78, 5) is 29.2. The zero-order valence-corrected chi connectivity index (χ0v) is 15.8. The van der Waals surface area contributed by atoms with Gasteiger partial charge in [-0.1, -0.05) is 60.7 Å². The Balaban J connectivity index is 0.000000271. The Labute approximate surface area is 159 Å². The molecule has 2 N–H and O–H groups in total. The minimum atomic E-state index is -0.511. The van der Waals surface area contributed by atoms with Crippen LogP contribution in [0.25, 0.3) is 0 Å². The summed E-state index contributed by atoms with van der Waals surface area (Å²) in [6, 6.07) is 19.5. The van der Waals surface area contributed by atoms with Crippen molar-refractivity contribution in [3.05, 3.63) is 71.8 Å². The van der Waals surface area contributed by atoms with E-state index in [9.17, 15) is 9.59 Å². The molecule has 27 heavy (non-hydrogen) atoms. The largest absolute Gasteiger partial charge is 0.465 e. The maximum atomic E-state index is 10.8. The normalized spacial score (nSPS) is 12.9. The van der Waals surface area contributed by atoms with Crippen LogP contribution in [0.1, 0.15) is 37.1 Å². The van der Waals surface area contributed by atoms with Gasteiger partial charge in [0.15, 0.2) is 0 Å². The van der Waals surface area contributed by atoms with Gasteiger partial charge in [-0.2, -0.15) is 0 Å². The third kappa shape index (κ3) is 9.11. The Morgan fingerprint density at radius 2 is 1.26 bits per heavy atom. The van der Waals surface area contributed by atoms with Crippen molar-refractivity contribution in [2.75, 3.05) is 7.11 Å². The molecule has 0 radical (unpaired) electrons. The molecule has 0 aliphatic carbocycles. The lowest BCUT2D eigenvalue weighted by molar-refractivity contribution is -0.132. The van der Waals surface area contributed by atoms with E-state index in [1.807, 2.05) is 74.5 Å². The van der Waals surface area contributed by atoms with Crippen molar-refractivity contribution in [3.63, 3.8) is 0 Å². The minimum Gasteiger partial charge on any atom is -0.465 e. The van der Waals surface area contributed by atoms with Crippen LogP contribution >= 0.6 is 0 Å². The molecule has 0 spiro atoms. The predicted molar refractivity (Wildman–Crippen MR) is 108 cm³/mol. The third-order valence-corrected chi connectivity index (χ3v) is 3.59. The zero-order valence-electron chi connectivity index (χ0n) is 15.8. The van der Waals surface area contributed by atoms with Crippen LogP contribution in [-0.4, -0.2) is 31.4 Å². The highest BCUT2D eigenvalue weighted by atomic mass is 16.5. The van der Waals surface area contributed by atoms with Crippen LogP contribution in [0, 0.1) is 0 Å². The molecule has 2 atom stereocenters. The summed E-state index contributed by atoms with van der Waals surface area (Å²) in [6.07, 6.45) is 2.36. The van der Waals surface area contributed by atoms with Crippen molar-refractivity contribution in [1.82, 2.24) is 0 Å². The van der Waals surface area contributed by atoms with Gasteiger partial charge < -0.3 is 10.5 Å². The molecule has 0 saturated heterocycles. The molecule has 6 heteroatoms. The van der Waals surface area contributed by atoms with E-state index >= 15 is 0 Å². The quantitative estimate of drug-likeness (QED) is 0.627. The second-order valence-corrected chi connectivity index (χ2v) is 5.66. The molecule has 2 aromatic carbocycles. The number of hydrogen-bond acceptors (Lipinski definition) is 5. The van der Waals surface area contributed by atoms with Gasteiger partial charge in [-0.15, -0.1) is 0 Å². The number of ether oxygens (including phenoxy) is 1. The van der Waals surface area contributed by atoms with Crippen LogP contribution in [-0.2, 0) is 14.3 Å². The van der Waals surface area contributed by atoms with Crippen LogP contribution in [0.2, 0.25) is 0 Å². The van der Waals surface area contributed by atoms with E-state index in [4.69, 9.17) is 5.73 Å². The van der Waals surface area contributed by atoms with E-state index in [0.29, 0.717) is 0 Å². The number of amides is 1. The van der Waals surface area contributed by atoms with E-state index in [-0.39, 0.29) is 12.1 Å². The lowest BCUT2D eigenvalue weighted by Crippen LogP contribution is -2.12. The average molecular weight is 367 g/mol. The molecule has 1 amide bonds. The maximum Gasteiger partial charge on any atom is 0.348 e. The van der Waals surface area contributed by atoms with Gasteiger partial charge in [-0.25, -0.2) is 4.79 Å². The van der Waals surface area contributed by atoms with Gasteiger partial charge in [0.1, 0.15) is 6.21 Å². The molecular formula is C21H25N3O3. The fourth-order valence-electron chi connectivity index (χ4n) is 2.05. The number of hydrogen-bond donors (Lipinski definition) is 1. The highest BCUT2D eigenvalue weighted by molar-refractivity contribution is 6.25. The Bertz CT molecular complexity index is 759. The summed E-state index contributed by atoms with van der Waals surface area (Å²) in [5, 5.41) is 0. The molecular weight excluding hydrogens is 342 g/mol. The minimum absolute atomic E-state index is 0.0182. The third-order valence-electron chi connectivity index (χ3n) is 3.59. The molecule has 2 unspecified atom stereocenters. The maximum absolute atomic E-state index is 10.8. The van der Waals surface area contributed by atoms with Crippen molar-refractivity contribution >= 4 is 24.3 Å². The van der Waals surface area contributed by atoms with Gasteiger partial charge in [-0.05, 0) is 25.0 Å². The topological polar surface area (TPSA) is 94.1 Å². The Morgan fingerprint density at radius 3 is 1.63 bits per heavy atom. The van der Waals surface area contributed by atoms with Crippen LogP contribution in [0.15, 0.2) is 70.6 Å². The molecule has 0 aliphatic heterocycles. The summed E-state index contributed by atoms with van der Waals surface area (Å²) >= 11 is 0. The summed E-state index contributed by atoms with van der Waals surface area (Å²) < 4.78 is 4.45. The number of primary amides is 1. The van der Waals surface area contributed by atoms with E-state index in [2.05, 4.69) is 14.7 Å². The highest BCUT2D eigenvalue weighted by Gasteiger charge is 2.02. The van der Waals surface area contributed by atoms with Crippen molar-refractivity contribution < 1.29 is 14.3 Å². The van der Waals surface area contributed by atoms with Gasteiger partial charge in [0.25, 0.3) is 5.91 Å². The van der Waals surface area contributed by atoms with Crippen molar-refractivity contribution in [2.24, 2.45) is 15.7 Å². The number of aliphatic imine (C=N–C) groups is 2. The van der Waals surface area contributed by atoms with E-state index in [0.717, 1.165) is 17.3 Å². The zero-order chi connectivity index (χ0) is 20.1. The van der Waals surface area contributed by atoms with E-state index < -0.39 is 11.9 Å². The van der Waals surface area contributed by atoms with Crippen LogP contribution < -0.4 is 5.73 Å². The fraction of sp³-hybridized carbons (Fsp3) is 0.238. The molecule has 0 fully saturated rings. The Morgan fingerprint density at radius 1 is 0.852 bits per heavy atom. The van der Waals surface area contributed by atoms with Gasteiger partial charge in [0.05, 0.1) is 25.4 Å². The number of benzene rings is 2. The monoisotopic (exact) mass is 367 g/mol. The molecule has 2 aromatic rings. The molecule has 0 saturated carbocycles. The summed E-state index contributed by atoms with van der Waals surface area (Å²) in [5.41, 5.74) is 7.08. The van der Waals surface area contributed by atoms with Crippen LogP contribution in [0.5, 0.6) is 0 Å². The number of nitrogens with two attached hydrogens (primary N) is 1. The first-order chi connectivity index (χ1) is 12.9. The van der Waals surface area contributed by atoms with E-state index in [1.54, 1.807) is 0 Å². The van der Waals surface area contributed by atoms with Crippen molar-refractivity contribution in [1.29, 1.82) is 0 Å². The second-order valence-electron chi connectivity index (χ2n) is 5.66. The van der Waals surface area contributed by atoms with Crippen molar-refractivity contribution in [3.8, 4) is 0 Å². The number of esters is 1. The highest BCUT2D eigenvalue weighted by Crippen LogP contribution is 2.15. The van der Waals surface area contributed by atoms with Gasteiger partial charge in [0.2, 0.25) is 0 Å². The molecule has 6 nitrogen and oxygen atoms in total. The number of carbonyl (C=O) groups is 2. The Hall–Kier alpha value is -3.28. The van der Waals surface area contributed by atoms with Gasteiger partial charge in [-0.3, -0.25) is 14.8 Å². The molecule has 0 bridgehead atoms. The molecule has 142 valence electrons. The average Bonchev–Trinajstić information content (AvgIpc) is 2.71. The molecule has 0 aliphatic rings. The number of methoxy groups -OCH3 is 1. The second kappa shape index (κ2) is 12.1. The lowest BCUT2D eigenvalue weighted by Gasteiger charge is -2.04. The summed E-state index contributed by atoms with van der Waals surface area (Å²) in [7, 11) is 1.33. The summed E-state index contributed by atoms with van der Waals surface area (Å²) in [6.45, 7) is 3.84. The molecule has 2 rings (SSSR count). The Kier molecular flexibility index (Phi) is 9.78. The van der Waals surface area contributed by atoms with Gasteiger partial charge >= 0.3 is 5.97 Å². The predicted octanol–water partition coefficient (Wildman–Crippen LogP) is 3.30. The fourth-order valence-corrected chi connectivity index (χ4v) is 2.05. The van der Waals surface area contributed by atoms with Gasteiger partial charge in [0, 0.05) is 0 Å². The summed E-state index contributed by atoms with van der Waals surface area (Å²) in [5.74, 6) is -0.935. The number of rotatable bonds is 6.